The lowest BCUT2D eigenvalue weighted by Crippen LogP contribution is -2.57. The number of carbonyl (C=O) groups is 3. The van der Waals surface area contributed by atoms with Crippen molar-refractivity contribution in [2.75, 3.05) is 13.7 Å². The minimum absolute atomic E-state index is 0.00509. The normalized spacial score (nSPS) is 13.4. The summed E-state index contributed by atoms with van der Waals surface area (Å²) in [5.74, 6) is -8.00. The van der Waals surface area contributed by atoms with E-state index in [4.69, 9.17) is 10.5 Å². The zero-order chi connectivity index (χ0) is 47.5. The van der Waals surface area contributed by atoms with E-state index in [1.54, 1.807) is 87.5 Å². The first-order chi connectivity index (χ1) is 30.8. The van der Waals surface area contributed by atoms with E-state index in [0.717, 1.165) is 11.3 Å². The first-order valence-corrected chi connectivity index (χ1v) is 24.0. The Kier molecular flexibility index (Phi) is 17.0. The molecular formula is C44H48F3N7O8S3. The molecule has 6 N–H and O–H groups in total. The third-order valence-electron chi connectivity index (χ3n) is 10.2. The highest BCUT2D eigenvalue weighted by atomic mass is 32.2. The topological polar surface area (TPSA) is 228 Å². The molecule has 0 aliphatic rings. The average molecular weight is 956 g/mol. The number of nitrogens with one attached hydrogen (secondary N) is 4. The van der Waals surface area contributed by atoms with Crippen molar-refractivity contribution in [1.82, 2.24) is 25.1 Å². The zero-order valence-corrected chi connectivity index (χ0v) is 38.2. The molecule has 5 rings (SSSR count). The van der Waals surface area contributed by atoms with Gasteiger partial charge in [-0.2, -0.15) is 0 Å². The second kappa shape index (κ2) is 22.2. The molecule has 0 radical (unpaired) electrons. The number of sulfonamides is 2. The Balaban J connectivity index is 1.39. The molecule has 5 aromatic rings. The van der Waals surface area contributed by atoms with Crippen LogP contribution < -0.4 is 30.5 Å². The van der Waals surface area contributed by atoms with Gasteiger partial charge >= 0.3 is 0 Å². The smallest absolute Gasteiger partial charge is 0.264 e. The number of aryl methyl sites for hydroxylation is 1. The number of rotatable bonds is 21. The van der Waals surface area contributed by atoms with Gasteiger partial charge in [0.2, 0.25) is 33.6 Å². The summed E-state index contributed by atoms with van der Waals surface area (Å²) in [5, 5.41) is 6.60. The quantitative estimate of drug-likeness (QED) is 0.0224. The molecule has 15 nitrogen and oxygen atoms in total. The van der Waals surface area contributed by atoms with Gasteiger partial charge in [-0.1, -0.05) is 60.7 Å². The van der Waals surface area contributed by atoms with Crippen LogP contribution in [-0.4, -0.2) is 77.2 Å². The number of hydrogen-bond acceptors (Lipinski definition) is 11. The third-order valence-corrected chi connectivity index (χ3v) is 13.9. The summed E-state index contributed by atoms with van der Waals surface area (Å²) >= 11 is 0.979. The maximum absolute atomic E-state index is 14.5. The Morgan fingerprint density at radius 3 is 1.98 bits per heavy atom. The number of benzene rings is 4. The number of hydrogen-bond donors (Lipinski definition) is 5. The number of amides is 2. The number of ketones is 1. The van der Waals surface area contributed by atoms with Gasteiger partial charge in [-0.05, 0) is 91.6 Å². The standard InChI is InChI=1S/C44H48F3N7O8S3/c1-26-20-37(62-4)27(2)28(3)40(26)65(60,61)54-44(48)50-17-11-16-34(39(55)43-49-18-19-63-43)51-41(56)35(24-31-21-32(45)38(47)33(46)22-31)52-42(57)36(23-29-12-7-5-8-13-29)53-64(58,59)25-30-14-9-6-10-15-30/h5-10,12-15,18-22,34-36,53H,11,16-17,23-25H2,1-4H3,(H,51,56)(H,52,57)(H3,48,50,54)/t34-,35-,36+/m0/s1. The number of nitrogens with zero attached hydrogens (tertiary/aromatic N) is 2. The van der Waals surface area contributed by atoms with Crippen LogP contribution in [-0.2, 0) is 48.2 Å². The number of aliphatic imine (C=N–C) groups is 1. The molecule has 1 heterocycles. The third kappa shape index (κ3) is 13.7. The average Bonchev–Trinajstić information content (AvgIpc) is 3.80. The molecule has 2 amide bonds. The fraction of sp³-hybridized carbons (Fsp3) is 0.295. The summed E-state index contributed by atoms with van der Waals surface area (Å²) in [6.07, 6.45) is 0.469. The molecule has 0 spiro atoms. The molecule has 4 aromatic carbocycles. The van der Waals surface area contributed by atoms with Crippen molar-refractivity contribution in [2.45, 2.75) is 75.2 Å². The van der Waals surface area contributed by atoms with Crippen LogP contribution in [0.5, 0.6) is 5.75 Å². The molecule has 0 unspecified atom stereocenters. The largest absolute Gasteiger partial charge is 0.496 e. The van der Waals surface area contributed by atoms with Crippen molar-refractivity contribution < 1.29 is 49.1 Å². The van der Waals surface area contributed by atoms with Crippen LogP contribution in [0.1, 0.15) is 56.0 Å². The van der Waals surface area contributed by atoms with Gasteiger partial charge in [-0.15, -0.1) is 11.3 Å². The van der Waals surface area contributed by atoms with E-state index in [1.807, 2.05) is 0 Å². The summed E-state index contributed by atoms with van der Waals surface area (Å²) in [7, 11) is -6.93. The highest BCUT2D eigenvalue weighted by Crippen LogP contribution is 2.30. The van der Waals surface area contributed by atoms with E-state index < -0.39 is 91.4 Å². The molecular weight excluding hydrogens is 908 g/mol. The summed E-state index contributed by atoms with van der Waals surface area (Å²) in [4.78, 5) is 50.3. The predicted molar refractivity (Wildman–Crippen MR) is 240 cm³/mol. The van der Waals surface area contributed by atoms with Crippen LogP contribution in [0.2, 0.25) is 0 Å². The lowest BCUT2D eigenvalue weighted by Gasteiger charge is -2.25. The molecule has 65 heavy (non-hydrogen) atoms. The van der Waals surface area contributed by atoms with Crippen LogP contribution in [0.4, 0.5) is 13.2 Å². The van der Waals surface area contributed by atoms with E-state index in [0.29, 0.717) is 45.7 Å². The number of halogens is 3. The van der Waals surface area contributed by atoms with Gasteiger partial charge in [-0.3, -0.25) is 19.4 Å². The Morgan fingerprint density at radius 1 is 0.800 bits per heavy atom. The molecule has 1 aromatic heterocycles. The Bertz CT molecular complexity index is 2720. The second-order valence-electron chi connectivity index (χ2n) is 15.0. The SMILES string of the molecule is COc1cc(C)c(S(=O)(=O)NC(N)=NCCC[C@H](NC(=O)[C@H](Cc2cc(F)c(F)c(F)c2)NC(=O)[C@@H](Cc2ccccc2)NS(=O)(=O)Cc2ccccc2)C(=O)c2nccs2)c(C)c1C. The monoisotopic (exact) mass is 955 g/mol. The Morgan fingerprint density at radius 2 is 1.38 bits per heavy atom. The van der Waals surface area contributed by atoms with E-state index >= 15 is 0 Å². The number of carbonyl (C=O) groups excluding carboxylic acids is 3. The number of methoxy groups -OCH3 is 1. The van der Waals surface area contributed by atoms with Gasteiger partial charge < -0.3 is 21.1 Å². The molecule has 21 heteroatoms. The number of aromatic nitrogens is 1. The maximum Gasteiger partial charge on any atom is 0.264 e. The van der Waals surface area contributed by atoms with Gasteiger partial charge in [0, 0.05) is 24.5 Å². The van der Waals surface area contributed by atoms with Crippen LogP contribution in [0.3, 0.4) is 0 Å². The van der Waals surface area contributed by atoms with Crippen molar-refractivity contribution in [2.24, 2.45) is 10.7 Å². The summed E-state index contributed by atoms with van der Waals surface area (Å²) in [6.45, 7) is 4.81. The van der Waals surface area contributed by atoms with Crippen LogP contribution in [0.15, 0.2) is 100 Å². The van der Waals surface area contributed by atoms with Crippen molar-refractivity contribution >= 4 is 54.9 Å². The van der Waals surface area contributed by atoms with Crippen LogP contribution >= 0.6 is 11.3 Å². The van der Waals surface area contributed by atoms with Gasteiger partial charge in [-0.25, -0.2) is 44.4 Å². The number of guanidine groups is 1. The molecule has 0 fully saturated rings. The minimum atomic E-state index is -4.20. The van der Waals surface area contributed by atoms with Crippen molar-refractivity contribution in [3.63, 3.8) is 0 Å². The van der Waals surface area contributed by atoms with Gasteiger partial charge in [0.15, 0.2) is 22.5 Å². The zero-order valence-electron chi connectivity index (χ0n) is 35.7. The first-order valence-electron chi connectivity index (χ1n) is 20.0. The fourth-order valence-corrected chi connectivity index (χ4v) is 10.4. The number of thiazole rings is 1. The Hall–Kier alpha value is -6.16. The van der Waals surface area contributed by atoms with E-state index in [2.05, 4.69) is 30.1 Å². The molecule has 0 aliphatic heterocycles. The minimum Gasteiger partial charge on any atom is -0.496 e. The van der Waals surface area contributed by atoms with Gasteiger partial charge in [0.05, 0.1) is 23.8 Å². The molecule has 3 atom stereocenters. The molecule has 0 bridgehead atoms. The molecule has 0 saturated carbocycles. The molecule has 0 aliphatic carbocycles. The van der Waals surface area contributed by atoms with Crippen molar-refractivity contribution in [3.05, 3.63) is 146 Å². The number of nitrogens with two attached hydrogens (primary N) is 1. The highest BCUT2D eigenvalue weighted by molar-refractivity contribution is 7.90. The fourth-order valence-electron chi connectivity index (χ4n) is 6.93. The summed E-state index contributed by atoms with van der Waals surface area (Å²) in [5.41, 5.74) is 8.18. The maximum atomic E-state index is 14.5. The number of ether oxygens (including phenoxy) is 1. The molecule has 346 valence electrons. The van der Waals surface area contributed by atoms with Crippen molar-refractivity contribution in [1.29, 1.82) is 0 Å². The van der Waals surface area contributed by atoms with Gasteiger partial charge in [0.25, 0.3) is 10.0 Å². The Labute approximate surface area is 379 Å². The lowest BCUT2D eigenvalue weighted by atomic mass is 10.0. The van der Waals surface area contributed by atoms with Gasteiger partial charge in [0.1, 0.15) is 17.8 Å². The van der Waals surface area contributed by atoms with Crippen molar-refractivity contribution in [3.8, 4) is 5.75 Å². The predicted octanol–water partition coefficient (Wildman–Crippen LogP) is 4.69. The van der Waals surface area contributed by atoms with E-state index in [9.17, 15) is 44.4 Å². The van der Waals surface area contributed by atoms with Crippen LogP contribution in [0, 0.1) is 38.2 Å². The van der Waals surface area contributed by atoms with E-state index in [-0.39, 0.29) is 41.3 Å². The highest BCUT2D eigenvalue weighted by Gasteiger charge is 2.33. The van der Waals surface area contributed by atoms with E-state index in [1.165, 1.54) is 18.7 Å². The first kappa shape index (κ1) is 49.8. The summed E-state index contributed by atoms with van der Waals surface area (Å²) in [6, 6.07) is 14.9. The number of Topliss-reactive ketones (excluding diaryl/α,β-unsaturated/α-hetero) is 1. The molecule has 0 saturated heterocycles. The summed E-state index contributed by atoms with van der Waals surface area (Å²) < 4.78 is 107. The second-order valence-corrected chi connectivity index (χ2v) is 19.3. The van der Waals surface area contributed by atoms with Crippen LogP contribution in [0.25, 0.3) is 0 Å². The lowest BCUT2D eigenvalue weighted by molar-refractivity contribution is -0.130.